The highest BCUT2D eigenvalue weighted by Gasteiger charge is 2.22. The summed E-state index contributed by atoms with van der Waals surface area (Å²) in [5.41, 5.74) is 7.46. The van der Waals surface area contributed by atoms with Gasteiger partial charge in [-0.15, -0.1) is 5.10 Å². The van der Waals surface area contributed by atoms with E-state index in [1.54, 1.807) is 4.68 Å². The molecule has 168 valence electrons. The molecule has 1 amide bonds. The lowest BCUT2D eigenvalue weighted by atomic mass is 9.81. The van der Waals surface area contributed by atoms with Crippen LogP contribution >= 0.6 is 0 Å². The van der Waals surface area contributed by atoms with Crippen LogP contribution in [0.15, 0.2) is 42.5 Å². The number of nitrogens with one attached hydrogen (secondary N) is 1. The van der Waals surface area contributed by atoms with Crippen molar-refractivity contribution in [1.29, 1.82) is 0 Å². The number of aromatic nitrogens is 3. The first kappa shape index (κ1) is 22.3. The Morgan fingerprint density at radius 3 is 2.38 bits per heavy atom. The molecule has 0 bridgehead atoms. The Balaban J connectivity index is 1.48. The fraction of sp³-hybridized carbons (Fsp3) is 0.444. The van der Waals surface area contributed by atoms with E-state index in [-0.39, 0.29) is 11.9 Å². The SMILES string of the molecule is Cc1cc(C2CCCCC2)cc(C)c1C(C)NC(=O)c1nnn(Cc2ccccc2)c1C. The van der Waals surface area contributed by atoms with E-state index in [1.165, 1.54) is 54.4 Å². The maximum Gasteiger partial charge on any atom is 0.274 e. The topological polar surface area (TPSA) is 59.8 Å². The minimum atomic E-state index is -0.176. The Labute approximate surface area is 191 Å². The van der Waals surface area contributed by atoms with Gasteiger partial charge in [0.15, 0.2) is 5.69 Å². The summed E-state index contributed by atoms with van der Waals surface area (Å²) >= 11 is 0. The highest BCUT2D eigenvalue weighted by atomic mass is 16.2. The van der Waals surface area contributed by atoms with Gasteiger partial charge in [0.25, 0.3) is 5.91 Å². The van der Waals surface area contributed by atoms with Gasteiger partial charge < -0.3 is 5.32 Å². The third kappa shape index (κ3) is 4.77. The van der Waals surface area contributed by atoms with Crippen LogP contribution in [0.3, 0.4) is 0 Å². The smallest absolute Gasteiger partial charge is 0.274 e. The van der Waals surface area contributed by atoms with Crippen molar-refractivity contribution >= 4 is 5.91 Å². The molecule has 32 heavy (non-hydrogen) atoms. The van der Waals surface area contributed by atoms with Crippen LogP contribution in [-0.4, -0.2) is 20.9 Å². The molecule has 1 unspecified atom stereocenters. The maximum atomic E-state index is 13.0. The van der Waals surface area contributed by atoms with Crippen LogP contribution in [0.4, 0.5) is 0 Å². The predicted octanol–water partition coefficient (Wildman–Crippen LogP) is 5.79. The van der Waals surface area contributed by atoms with E-state index in [0.29, 0.717) is 18.2 Å². The molecule has 1 saturated carbocycles. The quantitative estimate of drug-likeness (QED) is 0.538. The van der Waals surface area contributed by atoms with Gasteiger partial charge in [-0.3, -0.25) is 4.79 Å². The van der Waals surface area contributed by atoms with Crippen LogP contribution in [0, 0.1) is 20.8 Å². The largest absolute Gasteiger partial charge is 0.344 e. The monoisotopic (exact) mass is 430 g/mol. The fourth-order valence-corrected chi connectivity index (χ4v) is 5.18. The van der Waals surface area contributed by atoms with Crippen molar-refractivity contribution in [3.8, 4) is 0 Å². The zero-order chi connectivity index (χ0) is 22.7. The van der Waals surface area contributed by atoms with Gasteiger partial charge >= 0.3 is 0 Å². The first-order valence-corrected chi connectivity index (χ1v) is 11.8. The molecule has 0 spiro atoms. The van der Waals surface area contributed by atoms with E-state index < -0.39 is 0 Å². The summed E-state index contributed by atoms with van der Waals surface area (Å²) in [6.07, 6.45) is 6.62. The number of carbonyl (C=O) groups excluding carboxylic acids is 1. The number of carbonyl (C=O) groups is 1. The third-order valence-electron chi connectivity index (χ3n) is 6.85. The molecule has 1 N–H and O–H groups in total. The lowest BCUT2D eigenvalue weighted by molar-refractivity contribution is 0.0934. The zero-order valence-electron chi connectivity index (χ0n) is 19.7. The van der Waals surface area contributed by atoms with Gasteiger partial charge in [0.2, 0.25) is 0 Å². The van der Waals surface area contributed by atoms with Gasteiger partial charge in [-0.2, -0.15) is 0 Å². The number of aryl methyl sites for hydroxylation is 2. The molecule has 0 radical (unpaired) electrons. The lowest BCUT2D eigenvalue weighted by Gasteiger charge is -2.25. The lowest BCUT2D eigenvalue weighted by Crippen LogP contribution is -2.28. The van der Waals surface area contributed by atoms with Crippen molar-refractivity contribution in [2.24, 2.45) is 0 Å². The number of hydrogen-bond acceptors (Lipinski definition) is 3. The van der Waals surface area contributed by atoms with Gasteiger partial charge in [0.1, 0.15) is 0 Å². The Morgan fingerprint density at radius 2 is 1.72 bits per heavy atom. The van der Waals surface area contributed by atoms with E-state index in [0.717, 1.165) is 11.3 Å². The van der Waals surface area contributed by atoms with Crippen LogP contribution < -0.4 is 5.32 Å². The minimum Gasteiger partial charge on any atom is -0.344 e. The minimum absolute atomic E-state index is 0.0958. The van der Waals surface area contributed by atoms with Crippen molar-refractivity contribution in [3.05, 3.63) is 81.7 Å². The number of amides is 1. The van der Waals surface area contributed by atoms with E-state index in [2.05, 4.69) is 48.5 Å². The molecule has 0 saturated heterocycles. The second kappa shape index (κ2) is 9.68. The summed E-state index contributed by atoms with van der Waals surface area (Å²) in [6.45, 7) is 8.88. The molecule has 4 rings (SSSR count). The summed E-state index contributed by atoms with van der Waals surface area (Å²) < 4.78 is 1.78. The molecule has 1 aromatic heterocycles. The van der Waals surface area contributed by atoms with Gasteiger partial charge in [-0.25, -0.2) is 4.68 Å². The molecule has 1 fully saturated rings. The van der Waals surface area contributed by atoms with Gasteiger partial charge in [0.05, 0.1) is 18.3 Å². The average molecular weight is 431 g/mol. The zero-order valence-corrected chi connectivity index (χ0v) is 19.7. The molecule has 1 aliphatic rings. The second-order valence-electron chi connectivity index (χ2n) is 9.27. The van der Waals surface area contributed by atoms with Gasteiger partial charge in [-0.05, 0) is 74.3 Å². The highest BCUT2D eigenvalue weighted by molar-refractivity contribution is 5.93. The highest BCUT2D eigenvalue weighted by Crippen LogP contribution is 2.35. The Morgan fingerprint density at radius 1 is 1.06 bits per heavy atom. The summed E-state index contributed by atoms with van der Waals surface area (Å²) in [6, 6.07) is 14.7. The van der Waals surface area contributed by atoms with E-state index in [1.807, 2.05) is 37.3 Å². The first-order chi connectivity index (χ1) is 15.4. The summed E-state index contributed by atoms with van der Waals surface area (Å²) in [7, 11) is 0. The van der Waals surface area contributed by atoms with Gasteiger partial charge in [-0.1, -0.05) is 66.9 Å². The van der Waals surface area contributed by atoms with Crippen molar-refractivity contribution in [2.45, 2.75) is 78.3 Å². The third-order valence-corrected chi connectivity index (χ3v) is 6.85. The van der Waals surface area contributed by atoms with E-state index in [4.69, 9.17) is 0 Å². The summed E-state index contributed by atoms with van der Waals surface area (Å²) in [5, 5.41) is 11.6. The molecule has 1 heterocycles. The standard InChI is InChI=1S/C27H34N4O/c1-18-15-24(23-13-9-6-10-14-23)16-19(2)25(18)20(3)28-27(32)26-21(4)31(30-29-26)17-22-11-7-5-8-12-22/h5,7-8,11-12,15-16,20,23H,6,9-10,13-14,17H2,1-4H3,(H,28,32). The molecule has 1 atom stereocenters. The molecule has 1 aliphatic carbocycles. The van der Waals surface area contributed by atoms with Crippen molar-refractivity contribution < 1.29 is 4.79 Å². The fourth-order valence-electron chi connectivity index (χ4n) is 5.18. The number of benzene rings is 2. The summed E-state index contributed by atoms with van der Waals surface area (Å²) in [5.74, 6) is 0.506. The van der Waals surface area contributed by atoms with Crippen LogP contribution in [0.5, 0.6) is 0 Å². The van der Waals surface area contributed by atoms with Crippen LogP contribution in [-0.2, 0) is 6.54 Å². The van der Waals surface area contributed by atoms with Crippen LogP contribution in [0.1, 0.15) is 95.0 Å². The number of nitrogens with zero attached hydrogens (tertiary/aromatic N) is 3. The van der Waals surface area contributed by atoms with Gasteiger partial charge in [0, 0.05) is 0 Å². The van der Waals surface area contributed by atoms with Crippen molar-refractivity contribution in [2.75, 3.05) is 0 Å². The first-order valence-electron chi connectivity index (χ1n) is 11.8. The van der Waals surface area contributed by atoms with E-state index >= 15 is 0 Å². The number of hydrogen-bond donors (Lipinski definition) is 1. The normalized spacial score (nSPS) is 15.5. The van der Waals surface area contributed by atoms with Crippen molar-refractivity contribution in [3.63, 3.8) is 0 Å². The average Bonchev–Trinajstić information content (AvgIpc) is 3.14. The molecule has 2 aromatic carbocycles. The molecule has 0 aliphatic heterocycles. The molecular formula is C27H34N4O. The molecule has 3 aromatic rings. The second-order valence-corrected chi connectivity index (χ2v) is 9.27. The van der Waals surface area contributed by atoms with Crippen LogP contribution in [0.2, 0.25) is 0 Å². The van der Waals surface area contributed by atoms with E-state index in [9.17, 15) is 4.79 Å². The molecule has 5 nitrogen and oxygen atoms in total. The molecular weight excluding hydrogens is 396 g/mol. The Bertz CT molecular complexity index is 1060. The Hall–Kier alpha value is -2.95. The summed E-state index contributed by atoms with van der Waals surface area (Å²) in [4.78, 5) is 13.0. The molecule has 5 heteroatoms. The Kier molecular flexibility index (Phi) is 6.73. The van der Waals surface area contributed by atoms with Crippen molar-refractivity contribution in [1.82, 2.24) is 20.3 Å². The maximum absolute atomic E-state index is 13.0. The van der Waals surface area contributed by atoms with Crippen LogP contribution in [0.25, 0.3) is 0 Å². The number of rotatable bonds is 6. The predicted molar refractivity (Wildman–Crippen MR) is 128 cm³/mol.